The molecule has 4 rings (SSSR count). The van der Waals surface area contributed by atoms with E-state index in [1.54, 1.807) is 17.9 Å². The molecule has 3 aromatic rings. The minimum atomic E-state index is -0.672. The Labute approximate surface area is 157 Å². The Morgan fingerprint density at radius 2 is 1.78 bits per heavy atom. The molecule has 0 fully saturated rings. The number of aromatic nitrogens is 2. The molecule has 2 heterocycles. The van der Waals surface area contributed by atoms with Crippen molar-refractivity contribution in [3.8, 4) is 11.3 Å². The second kappa shape index (κ2) is 6.83. The number of anilines is 1. The van der Waals surface area contributed by atoms with E-state index < -0.39 is 6.04 Å². The number of aryl methyl sites for hydroxylation is 1. The largest absolute Gasteiger partial charge is 0.310 e. The lowest BCUT2D eigenvalue weighted by atomic mass is 10.1. The van der Waals surface area contributed by atoms with E-state index in [-0.39, 0.29) is 11.5 Å². The van der Waals surface area contributed by atoms with Gasteiger partial charge in [-0.2, -0.15) is 5.10 Å². The van der Waals surface area contributed by atoms with Crippen LogP contribution in [0.4, 0.5) is 5.69 Å². The number of carbonyl (C=O) groups is 1. The van der Waals surface area contributed by atoms with Crippen LogP contribution >= 0.6 is 0 Å². The van der Waals surface area contributed by atoms with Crippen molar-refractivity contribution in [2.75, 3.05) is 11.4 Å². The van der Waals surface area contributed by atoms with Gasteiger partial charge in [-0.05, 0) is 38.0 Å². The molecule has 5 nitrogen and oxygen atoms in total. The van der Waals surface area contributed by atoms with Gasteiger partial charge in [0.2, 0.25) is 0 Å². The van der Waals surface area contributed by atoms with Crippen LogP contribution in [-0.4, -0.2) is 22.2 Å². The predicted octanol–water partition coefficient (Wildman–Crippen LogP) is 3.37. The second-order valence-corrected chi connectivity index (χ2v) is 6.91. The van der Waals surface area contributed by atoms with Gasteiger partial charge in [0.05, 0.1) is 5.69 Å². The maximum absolute atomic E-state index is 13.1. The van der Waals surface area contributed by atoms with Crippen LogP contribution in [-0.2, 0) is 11.2 Å². The summed E-state index contributed by atoms with van der Waals surface area (Å²) in [5.74, 6) is -0.115. The number of nitrogens with zero attached hydrogens (tertiary/aromatic N) is 3. The van der Waals surface area contributed by atoms with Crippen LogP contribution < -0.4 is 10.5 Å². The number of rotatable bonds is 3. The first-order chi connectivity index (χ1) is 13.0. The summed E-state index contributed by atoms with van der Waals surface area (Å²) in [6.45, 7) is 4.39. The summed E-state index contributed by atoms with van der Waals surface area (Å²) >= 11 is 0. The van der Waals surface area contributed by atoms with Crippen LogP contribution in [0.2, 0.25) is 0 Å². The van der Waals surface area contributed by atoms with Gasteiger partial charge in [-0.1, -0.05) is 48.0 Å². The van der Waals surface area contributed by atoms with E-state index in [1.165, 1.54) is 10.7 Å². The highest BCUT2D eigenvalue weighted by Gasteiger charge is 2.29. The fourth-order valence-corrected chi connectivity index (χ4v) is 3.48. The maximum Gasteiger partial charge on any atom is 0.267 e. The van der Waals surface area contributed by atoms with Crippen molar-refractivity contribution in [3.05, 3.63) is 82.1 Å². The molecule has 0 aliphatic carbocycles. The maximum atomic E-state index is 13.1. The summed E-state index contributed by atoms with van der Waals surface area (Å²) in [4.78, 5) is 27.2. The Morgan fingerprint density at radius 1 is 1.04 bits per heavy atom. The highest BCUT2D eigenvalue weighted by Crippen LogP contribution is 2.29. The molecular weight excluding hydrogens is 338 g/mol. The predicted molar refractivity (Wildman–Crippen MR) is 106 cm³/mol. The van der Waals surface area contributed by atoms with Gasteiger partial charge >= 0.3 is 0 Å². The van der Waals surface area contributed by atoms with E-state index in [0.717, 1.165) is 28.8 Å². The number of fused-ring (bicyclic) bond motifs is 1. The molecule has 1 amide bonds. The molecule has 0 saturated carbocycles. The van der Waals surface area contributed by atoms with Gasteiger partial charge in [0.25, 0.3) is 11.5 Å². The quantitative estimate of drug-likeness (QED) is 0.720. The van der Waals surface area contributed by atoms with Crippen molar-refractivity contribution in [3.63, 3.8) is 0 Å². The molecule has 1 aliphatic rings. The van der Waals surface area contributed by atoms with Crippen LogP contribution in [0, 0.1) is 6.92 Å². The lowest BCUT2D eigenvalue weighted by Gasteiger charge is -2.22. The Bertz CT molecular complexity index is 1050. The molecule has 0 unspecified atom stereocenters. The van der Waals surface area contributed by atoms with Gasteiger partial charge < -0.3 is 4.90 Å². The van der Waals surface area contributed by atoms with Gasteiger partial charge in [-0.25, -0.2) is 4.68 Å². The highest BCUT2D eigenvalue weighted by molar-refractivity contribution is 5.97. The van der Waals surface area contributed by atoms with Crippen molar-refractivity contribution in [2.45, 2.75) is 26.3 Å². The SMILES string of the molecule is Cc1ccc(-c2ccc(=O)n([C@H](C)C(=O)N3CCc4ccccc43)n2)cc1. The second-order valence-electron chi connectivity index (χ2n) is 6.91. The third kappa shape index (κ3) is 3.16. The molecule has 0 N–H and O–H groups in total. The average Bonchev–Trinajstić information content (AvgIpc) is 3.12. The number of hydrogen-bond acceptors (Lipinski definition) is 3. The first-order valence-electron chi connectivity index (χ1n) is 9.11. The van der Waals surface area contributed by atoms with Crippen molar-refractivity contribution in [2.24, 2.45) is 0 Å². The minimum absolute atomic E-state index is 0.115. The summed E-state index contributed by atoms with van der Waals surface area (Å²) in [5, 5.41) is 4.48. The number of amides is 1. The van der Waals surface area contributed by atoms with Gasteiger partial charge in [0, 0.05) is 23.9 Å². The van der Waals surface area contributed by atoms with Gasteiger partial charge in [-0.15, -0.1) is 0 Å². The fraction of sp³-hybridized carbons (Fsp3) is 0.227. The summed E-state index contributed by atoms with van der Waals surface area (Å²) in [6, 6.07) is 18.3. The zero-order valence-corrected chi connectivity index (χ0v) is 15.4. The van der Waals surface area contributed by atoms with Crippen molar-refractivity contribution < 1.29 is 4.79 Å². The molecule has 0 bridgehead atoms. The summed E-state index contributed by atoms with van der Waals surface area (Å²) in [5.41, 5.74) is 4.56. The minimum Gasteiger partial charge on any atom is -0.310 e. The highest BCUT2D eigenvalue weighted by atomic mass is 16.2. The Balaban J connectivity index is 1.67. The summed E-state index contributed by atoms with van der Waals surface area (Å²) in [6.07, 6.45) is 0.834. The van der Waals surface area contributed by atoms with Crippen molar-refractivity contribution in [1.82, 2.24) is 9.78 Å². The molecule has 5 heteroatoms. The Hall–Kier alpha value is -3.21. The lowest BCUT2D eigenvalue weighted by molar-refractivity contribution is -0.121. The van der Waals surface area contributed by atoms with E-state index >= 15 is 0 Å². The number of para-hydroxylation sites is 1. The third-order valence-corrected chi connectivity index (χ3v) is 5.05. The van der Waals surface area contributed by atoms with Gasteiger partial charge in [-0.3, -0.25) is 9.59 Å². The summed E-state index contributed by atoms with van der Waals surface area (Å²) < 4.78 is 1.29. The lowest BCUT2D eigenvalue weighted by Crippen LogP contribution is -2.39. The Morgan fingerprint density at radius 3 is 2.56 bits per heavy atom. The van der Waals surface area contributed by atoms with E-state index in [4.69, 9.17) is 0 Å². The standard InChI is InChI=1S/C22H21N3O2/c1-15-7-9-17(10-8-15)19-11-12-21(26)25(23-19)16(2)22(27)24-14-13-18-5-3-4-6-20(18)24/h3-12,16H,13-14H2,1-2H3/t16-/m1/s1. The van der Waals surface area contributed by atoms with Crippen molar-refractivity contribution >= 4 is 11.6 Å². The topological polar surface area (TPSA) is 55.2 Å². The third-order valence-electron chi connectivity index (χ3n) is 5.05. The number of hydrogen-bond donors (Lipinski definition) is 0. The molecule has 1 atom stereocenters. The first-order valence-corrected chi connectivity index (χ1v) is 9.11. The monoisotopic (exact) mass is 359 g/mol. The van der Waals surface area contributed by atoms with E-state index in [0.29, 0.717) is 12.2 Å². The molecule has 1 aromatic heterocycles. The molecule has 27 heavy (non-hydrogen) atoms. The Kier molecular flexibility index (Phi) is 4.36. The van der Waals surface area contributed by atoms with Crippen molar-refractivity contribution in [1.29, 1.82) is 0 Å². The van der Waals surface area contributed by atoms with Crippen LogP contribution in [0.3, 0.4) is 0 Å². The van der Waals surface area contributed by atoms with Gasteiger partial charge in [0.1, 0.15) is 6.04 Å². The smallest absolute Gasteiger partial charge is 0.267 e. The molecule has 0 saturated heterocycles. The normalized spacial score (nSPS) is 14.1. The van der Waals surface area contributed by atoms with E-state index in [1.807, 2.05) is 55.5 Å². The zero-order chi connectivity index (χ0) is 19.0. The van der Waals surface area contributed by atoms with Crippen LogP contribution in [0.25, 0.3) is 11.3 Å². The molecule has 136 valence electrons. The van der Waals surface area contributed by atoms with Gasteiger partial charge in [0.15, 0.2) is 0 Å². The number of carbonyl (C=O) groups excluding carboxylic acids is 1. The fourth-order valence-electron chi connectivity index (χ4n) is 3.48. The zero-order valence-electron chi connectivity index (χ0n) is 15.4. The van der Waals surface area contributed by atoms with Crippen LogP contribution in [0.5, 0.6) is 0 Å². The van der Waals surface area contributed by atoms with E-state index in [2.05, 4.69) is 5.10 Å². The molecule has 1 aliphatic heterocycles. The molecule has 0 spiro atoms. The molecular formula is C22H21N3O2. The molecule has 2 aromatic carbocycles. The number of benzene rings is 2. The molecule has 0 radical (unpaired) electrons. The van der Waals surface area contributed by atoms with Crippen LogP contribution in [0.15, 0.2) is 65.5 Å². The average molecular weight is 359 g/mol. The first kappa shape index (κ1) is 17.2. The van der Waals surface area contributed by atoms with E-state index in [9.17, 15) is 9.59 Å². The van der Waals surface area contributed by atoms with Crippen LogP contribution in [0.1, 0.15) is 24.1 Å². The summed E-state index contributed by atoms with van der Waals surface area (Å²) in [7, 11) is 0.